The lowest BCUT2D eigenvalue weighted by molar-refractivity contribution is -0.917. The van der Waals surface area contributed by atoms with Gasteiger partial charge in [0.05, 0.1) is 37.4 Å². The number of hydrogen-bond donors (Lipinski definition) is 1. The second-order valence-corrected chi connectivity index (χ2v) is 6.62. The molecule has 0 unspecified atom stereocenters. The smallest absolute Gasteiger partial charge is 0.361 e. The molecule has 1 aromatic heterocycles. The van der Waals surface area contributed by atoms with Crippen molar-refractivity contribution in [3.8, 4) is 0 Å². The summed E-state index contributed by atoms with van der Waals surface area (Å²) in [6, 6.07) is 5.44. The Kier molecular flexibility index (Phi) is 5.04. The Morgan fingerprint density at radius 1 is 1.27 bits per heavy atom. The Balaban J connectivity index is 1.60. The molecule has 1 aliphatic heterocycles. The molecule has 1 N–H and O–H groups in total. The van der Waals surface area contributed by atoms with Crippen molar-refractivity contribution in [3.05, 3.63) is 52.4 Å². The molecule has 5 nitrogen and oxygen atoms in total. The number of quaternary nitrogens is 1. The van der Waals surface area contributed by atoms with Crippen molar-refractivity contribution in [1.82, 2.24) is 10.1 Å². The second kappa shape index (κ2) is 7.11. The summed E-state index contributed by atoms with van der Waals surface area (Å²) in [6.45, 7) is 6.43. The zero-order valence-corrected chi connectivity index (χ0v) is 14.7. The van der Waals surface area contributed by atoms with Gasteiger partial charge in [0.15, 0.2) is 0 Å². The molecule has 1 amide bonds. The van der Waals surface area contributed by atoms with Gasteiger partial charge in [-0.1, -0.05) is 17.3 Å². The van der Waals surface area contributed by atoms with Crippen molar-refractivity contribution in [1.29, 1.82) is 0 Å². The molecule has 26 heavy (non-hydrogen) atoms. The average molecular weight is 368 g/mol. The van der Waals surface area contributed by atoms with Crippen LogP contribution < -0.4 is 4.90 Å². The number of rotatable bonds is 3. The third kappa shape index (κ3) is 3.90. The number of carbonyl (C=O) groups excluding carboxylic acids is 1. The second-order valence-electron chi connectivity index (χ2n) is 6.62. The third-order valence-electron chi connectivity index (χ3n) is 4.71. The predicted octanol–water partition coefficient (Wildman–Crippen LogP) is 1.85. The lowest BCUT2D eigenvalue weighted by Crippen LogP contribution is -3.13. The molecule has 1 saturated heterocycles. The Morgan fingerprint density at radius 3 is 2.54 bits per heavy atom. The molecule has 140 valence electrons. The van der Waals surface area contributed by atoms with Gasteiger partial charge in [-0.15, -0.1) is 0 Å². The zero-order chi connectivity index (χ0) is 18.9. The molecule has 1 aliphatic rings. The SMILES string of the molecule is Cc1noc(C)c1C(=O)N1CC[NH+](Cc2cccc(C(F)(F)F)c2)CC1. The van der Waals surface area contributed by atoms with Crippen molar-refractivity contribution < 1.29 is 27.4 Å². The third-order valence-corrected chi connectivity index (χ3v) is 4.71. The highest BCUT2D eigenvalue weighted by Crippen LogP contribution is 2.29. The summed E-state index contributed by atoms with van der Waals surface area (Å²) in [5.74, 6) is 0.408. The van der Waals surface area contributed by atoms with E-state index in [0.717, 1.165) is 11.0 Å². The maximum Gasteiger partial charge on any atom is 0.416 e. The summed E-state index contributed by atoms with van der Waals surface area (Å²) in [6.07, 6.45) is -4.33. The minimum atomic E-state index is -4.33. The Hall–Kier alpha value is -2.35. The van der Waals surface area contributed by atoms with E-state index < -0.39 is 11.7 Å². The molecule has 1 aromatic carbocycles. The van der Waals surface area contributed by atoms with Crippen LogP contribution in [0.4, 0.5) is 13.2 Å². The number of carbonyl (C=O) groups is 1. The van der Waals surface area contributed by atoms with Gasteiger partial charge < -0.3 is 14.3 Å². The molecule has 2 aromatic rings. The van der Waals surface area contributed by atoms with Crippen LogP contribution in [0.15, 0.2) is 28.8 Å². The minimum Gasteiger partial charge on any atom is -0.361 e. The first-order chi connectivity index (χ1) is 12.3. The summed E-state index contributed by atoms with van der Waals surface area (Å²) in [5, 5.41) is 3.81. The Bertz CT molecular complexity index is 774. The van der Waals surface area contributed by atoms with Crippen molar-refractivity contribution in [2.75, 3.05) is 26.2 Å². The van der Waals surface area contributed by atoms with Gasteiger partial charge >= 0.3 is 6.18 Å². The summed E-state index contributed by atoms with van der Waals surface area (Å²) in [4.78, 5) is 15.5. The van der Waals surface area contributed by atoms with Gasteiger partial charge in [-0.3, -0.25) is 4.79 Å². The average Bonchev–Trinajstić information content (AvgIpc) is 2.93. The number of aryl methyl sites for hydroxylation is 2. The predicted molar refractivity (Wildman–Crippen MR) is 87.7 cm³/mol. The first-order valence-electron chi connectivity index (χ1n) is 8.47. The van der Waals surface area contributed by atoms with Crippen LogP contribution in [-0.4, -0.2) is 42.1 Å². The number of aromatic nitrogens is 1. The van der Waals surface area contributed by atoms with E-state index in [0.29, 0.717) is 55.3 Å². The van der Waals surface area contributed by atoms with E-state index >= 15 is 0 Å². The van der Waals surface area contributed by atoms with Crippen LogP contribution >= 0.6 is 0 Å². The van der Waals surface area contributed by atoms with Crippen molar-refractivity contribution >= 4 is 5.91 Å². The van der Waals surface area contributed by atoms with Gasteiger partial charge in [0.25, 0.3) is 5.91 Å². The Morgan fingerprint density at radius 2 is 1.96 bits per heavy atom. The van der Waals surface area contributed by atoms with Crippen molar-refractivity contribution in [2.45, 2.75) is 26.6 Å². The highest BCUT2D eigenvalue weighted by molar-refractivity contribution is 5.96. The molecule has 0 atom stereocenters. The fraction of sp³-hybridized carbons (Fsp3) is 0.444. The number of nitrogens with one attached hydrogen (secondary N) is 1. The molecular formula is C18H21F3N3O2+. The quantitative estimate of drug-likeness (QED) is 0.900. The number of halogens is 3. The van der Waals surface area contributed by atoms with Crippen LogP contribution in [0.1, 0.15) is 32.9 Å². The monoisotopic (exact) mass is 368 g/mol. The van der Waals surface area contributed by atoms with Crippen molar-refractivity contribution in [3.63, 3.8) is 0 Å². The van der Waals surface area contributed by atoms with Crippen molar-refractivity contribution in [2.24, 2.45) is 0 Å². The Labute approximate surface area is 149 Å². The molecule has 3 rings (SSSR count). The summed E-state index contributed by atoms with van der Waals surface area (Å²) >= 11 is 0. The van der Waals surface area contributed by atoms with E-state index in [2.05, 4.69) is 5.16 Å². The number of alkyl halides is 3. The van der Waals surface area contributed by atoms with E-state index in [1.165, 1.54) is 12.1 Å². The van der Waals surface area contributed by atoms with Gasteiger partial charge in [-0.25, -0.2) is 0 Å². The molecule has 0 spiro atoms. The number of hydrogen-bond acceptors (Lipinski definition) is 3. The van der Waals surface area contributed by atoms with Gasteiger partial charge in [0, 0.05) is 5.56 Å². The van der Waals surface area contributed by atoms with Crippen LogP contribution in [0, 0.1) is 13.8 Å². The van der Waals surface area contributed by atoms with Crippen LogP contribution in [-0.2, 0) is 12.7 Å². The maximum absolute atomic E-state index is 12.8. The van der Waals surface area contributed by atoms with Gasteiger partial charge in [-0.2, -0.15) is 13.2 Å². The van der Waals surface area contributed by atoms with Crippen LogP contribution in [0.25, 0.3) is 0 Å². The molecular weight excluding hydrogens is 347 g/mol. The highest BCUT2D eigenvalue weighted by Gasteiger charge is 2.31. The zero-order valence-electron chi connectivity index (χ0n) is 14.7. The van der Waals surface area contributed by atoms with E-state index in [-0.39, 0.29) is 5.91 Å². The van der Waals surface area contributed by atoms with Crippen LogP contribution in [0.2, 0.25) is 0 Å². The summed E-state index contributed by atoms with van der Waals surface area (Å²) in [7, 11) is 0. The normalized spacial score (nSPS) is 16.1. The molecule has 0 radical (unpaired) electrons. The molecule has 1 fully saturated rings. The lowest BCUT2D eigenvalue weighted by atomic mass is 10.1. The molecule has 0 aliphatic carbocycles. The van der Waals surface area contributed by atoms with Gasteiger partial charge in [0.1, 0.15) is 17.9 Å². The van der Waals surface area contributed by atoms with Crippen LogP contribution in [0.3, 0.4) is 0 Å². The molecule has 0 bridgehead atoms. The number of amides is 1. The van der Waals surface area contributed by atoms with E-state index in [1.807, 2.05) is 0 Å². The number of piperazine rings is 1. The molecule has 0 saturated carbocycles. The maximum atomic E-state index is 12.8. The minimum absolute atomic E-state index is 0.0978. The standard InChI is InChI=1S/C18H20F3N3O2/c1-12-16(13(2)26-22-12)17(25)24-8-6-23(7-9-24)11-14-4-3-5-15(10-14)18(19,20)21/h3-5,10H,6-9,11H2,1-2H3/p+1. The van der Waals surface area contributed by atoms with E-state index in [4.69, 9.17) is 4.52 Å². The summed E-state index contributed by atoms with van der Waals surface area (Å²) in [5.41, 5.74) is 1.11. The van der Waals surface area contributed by atoms with Gasteiger partial charge in [-0.05, 0) is 26.0 Å². The first kappa shape index (κ1) is 18.4. The number of nitrogens with zero attached hydrogens (tertiary/aromatic N) is 2. The van der Waals surface area contributed by atoms with Gasteiger partial charge in [0.2, 0.25) is 0 Å². The number of benzene rings is 1. The van der Waals surface area contributed by atoms with E-state index in [1.54, 1.807) is 24.8 Å². The van der Waals surface area contributed by atoms with Crippen LogP contribution in [0.5, 0.6) is 0 Å². The largest absolute Gasteiger partial charge is 0.416 e. The lowest BCUT2D eigenvalue weighted by Gasteiger charge is -2.32. The topological polar surface area (TPSA) is 50.8 Å². The molecule has 2 heterocycles. The highest BCUT2D eigenvalue weighted by atomic mass is 19.4. The summed E-state index contributed by atoms with van der Waals surface area (Å²) < 4.78 is 43.5. The van der Waals surface area contributed by atoms with E-state index in [9.17, 15) is 18.0 Å². The fourth-order valence-corrected chi connectivity index (χ4v) is 3.30. The molecule has 8 heteroatoms. The fourth-order valence-electron chi connectivity index (χ4n) is 3.30. The first-order valence-corrected chi connectivity index (χ1v) is 8.47.